The number of benzene rings is 1. The fourth-order valence-corrected chi connectivity index (χ4v) is 1.27. The first-order valence-corrected chi connectivity index (χ1v) is 4.47. The van der Waals surface area contributed by atoms with Gasteiger partial charge in [0.25, 0.3) is 0 Å². The molecular weight excluding hydrogens is 267 g/mol. The molecule has 0 saturated carbocycles. The van der Waals surface area contributed by atoms with Crippen LogP contribution in [-0.4, -0.2) is 10.4 Å². The number of halogens is 1. The van der Waals surface area contributed by atoms with E-state index in [1.165, 1.54) is 3.57 Å². The molecule has 0 fully saturated rings. The molecule has 4 heteroatoms. The summed E-state index contributed by atoms with van der Waals surface area (Å²) in [6.45, 7) is 0. The molecule has 0 aliphatic carbocycles. The second-order valence-corrected chi connectivity index (χ2v) is 3.53. The monoisotopic (exact) mass is 272 g/mol. The maximum Gasteiger partial charge on any atom is 0.187 e. The molecule has 0 unspecified atom stereocenters. The average molecular weight is 272 g/mol. The highest BCUT2D eigenvalue weighted by Crippen LogP contribution is 2.18. The van der Waals surface area contributed by atoms with Crippen LogP contribution in [0.1, 0.15) is 0 Å². The number of nitrogens with zero attached hydrogens (tertiary/aromatic N) is 2. The Balaban J connectivity index is 2.43. The first-order valence-electron chi connectivity index (χ1n) is 3.39. The lowest BCUT2D eigenvalue weighted by Crippen LogP contribution is -1.73. The Morgan fingerprint density at radius 1 is 1.17 bits per heavy atom. The highest BCUT2D eigenvalue weighted by Gasteiger charge is 2.00. The van der Waals surface area contributed by atoms with Gasteiger partial charge in [-0.05, 0) is 34.7 Å². The highest BCUT2D eigenvalue weighted by molar-refractivity contribution is 14.1. The van der Waals surface area contributed by atoms with Crippen LogP contribution < -0.4 is 0 Å². The predicted octanol–water partition coefficient (Wildman–Crippen LogP) is 2.34. The Kier molecular flexibility index (Phi) is 2.07. The van der Waals surface area contributed by atoms with Crippen molar-refractivity contribution in [2.45, 2.75) is 0 Å². The largest absolute Gasteiger partial charge is 0.337 e. The van der Waals surface area contributed by atoms with Crippen LogP contribution in [0.25, 0.3) is 11.3 Å². The minimum absolute atomic E-state index is 0.700. The third-order valence-corrected chi connectivity index (χ3v) is 2.21. The van der Waals surface area contributed by atoms with Crippen molar-refractivity contribution in [2.75, 3.05) is 0 Å². The Bertz CT molecular complexity index is 355. The van der Waals surface area contributed by atoms with Gasteiger partial charge in [0, 0.05) is 14.4 Å². The Hall–Kier alpha value is -0.910. The van der Waals surface area contributed by atoms with Crippen molar-refractivity contribution in [3.63, 3.8) is 0 Å². The van der Waals surface area contributed by atoms with Crippen molar-refractivity contribution in [2.24, 2.45) is 0 Å². The lowest BCUT2D eigenvalue weighted by molar-refractivity contribution is 0.403. The van der Waals surface area contributed by atoms with E-state index in [-0.39, 0.29) is 0 Å². The number of hydrogen-bond donors (Lipinski definition) is 0. The van der Waals surface area contributed by atoms with Gasteiger partial charge in [-0.3, -0.25) is 0 Å². The zero-order valence-corrected chi connectivity index (χ0v) is 8.22. The second-order valence-electron chi connectivity index (χ2n) is 2.29. The molecule has 60 valence electrons. The van der Waals surface area contributed by atoms with E-state index in [2.05, 4.69) is 33.0 Å². The van der Waals surface area contributed by atoms with Crippen LogP contribution in [0.15, 0.2) is 35.0 Å². The summed E-state index contributed by atoms with van der Waals surface area (Å²) in [6, 6.07) is 7.98. The average Bonchev–Trinajstić information content (AvgIpc) is 2.58. The minimum atomic E-state index is 0.700. The van der Waals surface area contributed by atoms with Gasteiger partial charge < -0.3 is 4.52 Å². The predicted molar refractivity (Wildman–Crippen MR) is 52.5 cm³/mol. The van der Waals surface area contributed by atoms with Gasteiger partial charge in [0.15, 0.2) is 5.76 Å². The summed E-state index contributed by atoms with van der Waals surface area (Å²) in [7, 11) is 0. The van der Waals surface area contributed by atoms with Gasteiger partial charge in [-0.1, -0.05) is 12.1 Å². The fourth-order valence-electron chi connectivity index (χ4n) is 0.909. The zero-order valence-electron chi connectivity index (χ0n) is 6.07. The summed E-state index contributed by atoms with van der Waals surface area (Å²) in [6.07, 6.45) is 1.60. The molecule has 0 aliphatic rings. The van der Waals surface area contributed by atoms with Gasteiger partial charge in [0.1, 0.15) is 0 Å². The fraction of sp³-hybridized carbons (Fsp3) is 0. The third kappa shape index (κ3) is 1.47. The van der Waals surface area contributed by atoms with Gasteiger partial charge in [-0.25, -0.2) is 0 Å². The van der Waals surface area contributed by atoms with Crippen molar-refractivity contribution in [3.05, 3.63) is 34.0 Å². The molecule has 1 aromatic carbocycles. The maximum atomic E-state index is 4.90. The van der Waals surface area contributed by atoms with Crippen LogP contribution in [0.4, 0.5) is 0 Å². The molecule has 0 spiro atoms. The maximum absolute atomic E-state index is 4.90. The van der Waals surface area contributed by atoms with Crippen molar-refractivity contribution in [1.29, 1.82) is 0 Å². The molecule has 0 N–H and O–H groups in total. The zero-order chi connectivity index (χ0) is 8.39. The molecule has 0 saturated heterocycles. The molecule has 3 nitrogen and oxygen atoms in total. The van der Waals surface area contributed by atoms with Crippen LogP contribution in [0.5, 0.6) is 0 Å². The molecule has 12 heavy (non-hydrogen) atoms. The van der Waals surface area contributed by atoms with Crippen molar-refractivity contribution >= 4 is 22.6 Å². The Morgan fingerprint density at radius 3 is 2.50 bits per heavy atom. The number of hydrogen-bond acceptors (Lipinski definition) is 3. The van der Waals surface area contributed by atoms with Crippen molar-refractivity contribution in [1.82, 2.24) is 10.4 Å². The first kappa shape index (κ1) is 7.72. The van der Waals surface area contributed by atoms with Crippen LogP contribution >= 0.6 is 22.6 Å². The van der Waals surface area contributed by atoms with Gasteiger partial charge >= 0.3 is 0 Å². The quantitative estimate of drug-likeness (QED) is 0.748. The third-order valence-electron chi connectivity index (χ3n) is 1.49. The Morgan fingerprint density at radius 2 is 1.92 bits per heavy atom. The number of rotatable bonds is 1. The van der Waals surface area contributed by atoms with Gasteiger partial charge in [0.2, 0.25) is 0 Å². The lowest BCUT2D eigenvalue weighted by atomic mass is 10.2. The normalized spacial score (nSPS) is 10.1. The highest BCUT2D eigenvalue weighted by atomic mass is 127. The molecule has 0 atom stereocenters. The molecule has 2 aromatic rings. The van der Waals surface area contributed by atoms with E-state index < -0.39 is 0 Å². The molecule has 1 aromatic heterocycles. The lowest BCUT2D eigenvalue weighted by Gasteiger charge is -1.93. The summed E-state index contributed by atoms with van der Waals surface area (Å²) < 4.78 is 6.09. The molecular formula is C8H5IN2O. The van der Waals surface area contributed by atoms with Crippen molar-refractivity contribution < 1.29 is 4.52 Å². The first-order chi connectivity index (χ1) is 5.86. The second kappa shape index (κ2) is 3.22. The summed E-state index contributed by atoms with van der Waals surface area (Å²) in [5.41, 5.74) is 1.00. The van der Waals surface area contributed by atoms with E-state index in [1.54, 1.807) is 6.20 Å². The van der Waals surface area contributed by atoms with E-state index >= 15 is 0 Å². The summed E-state index contributed by atoms with van der Waals surface area (Å²) >= 11 is 2.25. The van der Waals surface area contributed by atoms with Gasteiger partial charge in [0.05, 0.1) is 6.20 Å². The van der Waals surface area contributed by atoms with Gasteiger partial charge in [-0.2, -0.15) is 0 Å². The molecule has 1 heterocycles. The van der Waals surface area contributed by atoms with E-state index in [9.17, 15) is 0 Å². The summed E-state index contributed by atoms with van der Waals surface area (Å²) in [5.74, 6) is 0.700. The van der Waals surface area contributed by atoms with Crippen LogP contribution in [0, 0.1) is 3.57 Å². The SMILES string of the molecule is Ic1ccc(-c2cnno2)cc1. The molecule has 0 amide bonds. The molecule has 0 radical (unpaired) electrons. The minimum Gasteiger partial charge on any atom is -0.337 e. The molecule has 0 aliphatic heterocycles. The summed E-state index contributed by atoms with van der Waals surface area (Å²) in [4.78, 5) is 0. The van der Waals surface area contributed by atoms with Crippen LogP contribution in [0.3, 0.4) is 0 Å². The smallest absolute Gasteiger partial charge is 0.187 e. The van der Waals surface area contributed by atoms with E-state index in [1.807, 2.05) is 24.3 Å². The molecule has 2 rings (SSSR count). The molecule has 0 bridgehead atoms. The Labute approximate surface area is 82.9 Å². The van der Waals surface area contributed by atoms with E-state index in [0.29, 0.717) is 5.76 Å². The summed E-state index contributed by atoms with van der Waals surface area (Å²) in [5, 5.41) is 7.00. The van der Waals surface area contributed by atoms with Gasteiger partial charge in [-0.15, -0.1) is 5.10 Å². The van der Waals surface area contributed by atoms with Crippen LogP contribution in [-0.2, 0) is 0 Å². The standard InChI is InChI=1S/C8H5IN2O/c9-7-3-1-6(2-4-7)8-5-10-11-12-8/h1-5H. The number of aromatic nitrogens is 2. The van der Waals surface area contributed by atoms with Crippen LogP contribution in [0.2, 0.25) is 0 Å². The van der Waals surface area contributed by atoms with E-state index in [0.717, 1.165) is 5.56 Å². The van der Waals surface area contributed by atoms with Crippen molar-refractivity contribution in [3.8, 4) is 11.3 Å². The topological polar surface area (TPSA) is 38.9 Å². The van der Waals surface area contributed by atoms with E-state index in [4.69, 9.17) is 4.52 Å².